The molecule has 0 bridgehead atoms. The van der Waals surface area contributed by atoms with Crippen molar-refractivity contribution in [1.82, 2.24) is 0 Å². The van der Waals surface area contributed by atoms with Crippen LogP contribution in [0.2, 0.25) is 0 Å². The summed E-state index contributed by atoms with van der Waals surface area (Å²) in [5.41, 5.74) is 0. The first-order chi connectivity index (χ1) is 7.33. The topological polar surface area (TPSA) is 18.5 Å². The van der Waals surface area contributed by atoms with Crippen molar-refractivity contribution in [2.24, 2.45) is 0 Å². The second-order valence-corrected chi connectivity index (χ2v) is 2.29. The minimum atomic E-state index is -6.76. The first-order valence-corrected chi connectivity index (χ1v) is 3.21. The zero-order valence-electron chi connectivity index (χ0n) is 7.10. The molecule has 17 heavy (non-hydrogen) atoms. The maximum absolute atomic E-state index is 12.1. The molecule has 0 spiro atoms. The molecule has 0 saturated carbocycles. The summed E-state index contributed by atoms with van der Waals surface area (Å²) in [6, 6.07) is -3.18. The van der Waals surface area contributed by atoms with Gasteiger partial charge in [0.2, 0.25) is 0 Å². The lowest BCUT2D eigenvalue weighted by Gasteiger charge is -2.25. The Bertz CT molecular complexity index is 300. The van der Waals surface area contributed by atoms with Gasteiger partial charge >= 0.3 is 30.3 Å². The Morgan fingerprint density at radius 2 is 1.18 bits per heavy atom. The summed E-state index contributed by atoms with van der Waals surface area (Å²) in [7, 11) is 0. The first kappa shape index (κ1) is 15.8. The van der Waals surface area contributed by atoms with Crippen LogP contribution < -0.4 is 0 Å². The Kier molecular flexibility index (Phi) is 4.26. The third kappa shape index (κ3) is 3.38. The fourth-order valence-corrected chi connectivity index (χ4v) is 0.338. The Labute approximate surface area is 85.3 Å². The fraction of sp³-hybridized carbons (Fsp3) is 0.600. The van der Waals surface area contributed by atoms with Crippen LogP contribution in [0.5, 0.6) is 0 Å². The largest absolute Gasteiger partial charge is 0.464 e. The van der Waals surface area contributed by atoms with Crippen LogP contribution in [0.15, 0.2) is 12.1 Å². The van der Waals surface area contributed by atoms with Crippen molar-refractivity contribution < 1.29 is 53.7 Å². The molecule has 0 heterocycles. The minimum Gasteiger partial charge on any atom is -0.294 e. The summed E-state index contributed by atoms with van der Waals surface area (Å²) in [6.45, 7) is 0. The molecule has 2 nitrogen and oxygen atoms in total. The number of hydrogen-bond donors (Lipinski definition) is 0. The van der Waals surface area contributed by atoms with Crippen molar-refractivity contribution in [3.8, 4) is 0 Å². The van der Waals surface area contributed by atoms with E-state index in [1.54, 1.807) is 0 Å². The van der Waals surface area contributed by atoms with Gasteiger partial charge in [-0.05, 0) is 0 Å². The van der Waals surface area contributed by atoms with Gasteiger partial charge in [0, 0.05) is 0 Å². The highest BCUT2D eigenvalue weighted by Gasteiger charge is 2.76. The Morgan fingerprint density at radius 3 is 1.47 bits per heavy atom. The van der Waals surface area contributed by atoms with Gasteiger partial charge < -0.3 is 0 Å². The van der Waals surface area contributed by atoms with Crippen molar-refractivity contribution in [2.75, 3.05) is 0 Å². The van der Waals surface area contributed by atoms with E-state index in [0.29, 0.717) is 0 Å². The quantitative estimate of drug-likeness (QED) is 0.338. The smallest absolute Gasteiger partial charge is 0.294 e. The summed E-state index contributed by atoms with van der Waals surface area (Å²) in [6.07, 6.45) is -16.5. The number of rotatable bonds is 4. The van der Waals surface area contributed by atoms with Crippen molar-refractivity contribution in [2.45, 2.75) is 18.2 Å². The normalized spacial score (nSPS) is 13.5. The van der Waals surface area contributed by atoms with E-state index in [2.05, 4.69) is 4.89 Å². The molecule has 0 amide bonds. The van der Waals surface area contributed by atoms with Gasteiger partial charge in [0.15, 0.2) is 0 Å². The van der Waals surface area contributed by atoms with Gasteiger partial charge in [0.1, 0.15) is 0 Å². The van der Waals surface area contributed by atoms with Gasteiger partial charge in [-0.1, -0.05) is 0 Å². The monoisotopic (exact) mass is 282 g/mol. The second-order valence-electron chi connectivity index (χ2n) is 2.29. The van der Waals surface area contributed by atoms with Crippen LogP contribution in [-0.4, -0.2) is 18.2 Å². The molecular formula is C5F10O2. The summed E-state index contributed by atoms with van der Waals surface area (Å²) in [5, 5.41) is 0. The highest BCUT2D eigenvalue weighted by Crippen LogP contribution is 2.47. The standard InChI is InChI=1S/C5F10O2/c6-1(7)2(8)16-17-5(14,15)3(9,10)4(11,12)13. The molecule has 0 N–H and O–H groups in total. The molecule has 12 heteroatoms. The lowest BCUT2D eigenvalue weighted by atomic mass is 10.3. The van der Waals surface area contributed by atoms with Crippen LogP contribution in [-0.2, 0) is 9.78 Å². The fourth-order valence-electron chi connectivity index (χ4n) is 0.338. The van der Waals surface area contributed by atoms with Gasteiger partial charge in [0.05, 0.1) is 0 Å². The van der Waals surface area contributed by atoms with Crippen molar-refractivity contribution in [3.05, 3.63) is 12.1 Å². The van der Waals surface area contributed by atoms with Gasteiger partial charge in [-0.2, -0.15) is 43.9 Å². The van der Waals surface area contributed by atoms with Crippen molar-refractivity contribution >= 4 is 0 Å². The lowest BCUT2D eigenvalue weighted by Crippen LogP contribution is -2.53. The zero-order chi connectivity index (χ0) is 14.1. The van der Waals surface area contributed by atoms with E-state index in [-0.39, 0.29) is 0 Å². The van der Waals surface area contributed by atoms with Gasteiger partial charge in [-0.3, -0.25) is 4.89 Å². The Morgan fingerprint density at radius 1 is 0.765 bits per heavy atom. The number of alkyl halides is 7. The van der Waals surface area contributed by atoms with Crippen LogP contribution in [0.25, 0.3) is 0 Å². The molecule has 0 unspecified atom stereocenters. The van der Waals surface area contributed by atoms with Crippen LogP contribution in [0, 0.1) is 0 Å². The van der Waals surface area contributed by atoms with Crippen molar-refractivity contribution in [1.29, 1.82) is 0 Å². The lowest BCUT2D eigenvalue weighted by molar-refractivity contribution is -0.508. The average molecular weight is 282 g/mol. The second kappa shape index (κ2) is 4.58. The van der Waals surface area contributed by atoms with Crippen LogP contribution in [0.3, 0.4) is 0 Å². The van der Waals surface area contributed by atoms with E-state index in [4.69, 9.17) is 0 Å². The summed E-state index contributed by atoms with van der Waals surface area (Å²) in [5.74, 6) is -6.76. The zero-order valence-corrected chi connectivity index (χ0v) is 7.10. The molecular weight excluding hydrogens is 282 g/mol. The molecule has 0 aliphatic heterocycles. The molecule has 0 aromatic rings. The molecule has 0 saturated heterocycles. The third-order valence-electron chi connectivity index (χ3n) is 1.09. The predicted octanol–water partition coefficient (Wildman–Crippen LogP) is 3.76. The maximum Gasteiger partial charge on any atom is 0.464 e. The third-order valence-corrected chi connectivity index (χ3v) is 1.09. The van der Waals surface area contributed by atoms with Crippen LogP contribution in [0.4, 0.5) is 43.9 Å². The summed E-state index contributed by atoms with van der Waals surface area (Å²) in [4.78, 5) is 4.31. The van der Waals surface area contributed by atoms with E-state index in [1.807, 2.05) is 4.89 Å². The van der Waals surface area contributed by atoms with E-state index >= 15 is 0 Å². The molecule has 0 radical (unpaired) electrons. The summed E-state index contributed by atoms with van der Waals surface area (Å²) >= 11 is 0. The minimum absolute atomic E-state index is 2.03. The molecule has 0 aromatic heterocycles. The van der Waals surface area contributed by atoms with Crippen LogP contribution >= 0.6 is 0 Å². The summed E-state index contributed by atoms with van der Waals surface area (Å²) < 4.78 is 116. The molecule has 0 aliphatic rings. The maximum atomic E-state index is 12.1. The van der Waals surface area contributed by atoms with E-state index in [9.17, 15) is 43.9 Å². The highest BCUT2D eigenvalue weighted by molar-refractivity contribution is 4.85. The van der Waals surface area contributed by atoms with E-state index < -0.39 is 30.3 Å². The van der Waals surface area contributed by atoms with E-state index in [0.717, 1.165) is 0 Å². The molecule has 0 rings (SSSR count). The number of hydrogen-bond acceptors (Lipinski definition) is 2. The molecule has 0 fully saturated rings. The van der Waals surface area contributed by atoms with E-state index in [1.165, 1.54) is 0 Å². The molecule has 0 aliphatic carbocycles. The van der Waals surface area contributed by atoms with Crippen LogP contribution in [0.1, 0.15) is 0 Å². The average Bonchev–Trinajstić information content (AvgIpc) is 2.11. The highest BCUT2D eigenvalue weighted by atomic mass is 19.4. The van der Waals surface area contributed by atoms with Gasteiger partial charge in [-0.25, -0.2) is 0 Å². The molecule has 0 aromatic carbocycles. The molecule has 102 valence electrons. The predicted molar refractivity (Wildman–Crippen MR) is 28.5 cm³/mol. The Balaban J connectivity index is 4.87. The molecule has 0 atom stereocenters. The SMILES string of the molecule is FC(F)=C(F)OOC(F)(F)C(F)(F)C(F)(F)F. The Hall–Kier alpha value is -1.20. The van der Waals surface area contributed by atoms with Gasteiger partial charge in [0.25, 0.3) is 0 Å². The first-order valence-electron chi connectivity index (χ1n) is 3.21. The van der Waals surface area contributed by atoms with Crippen molar-refractivity contribution in [3.63, 3.8) is 0 Å². The van der Waals surface area contributed by atoms with Gasteiger partial charge in [-0.15, -0.1) is 4.89 Å². The number of halogens is 10.